The maximum absolute atomic E-state index is 14.0. The molecule has 0 saturated heterocycles. The minimum atomic E-state index is -0.892. The Balaban J connectivity index is 2.68. The van der Waals surface area contributed by atoms with E-state index < -0.39 is 22.3 Å². The number of methoxy groups -OCH3 is 1. The number of halogens is 2. The van der Waals surface area contributed by atoms with Crippen molar-refractivity contribution in [2.24, 2.45) is 0 Å². The molecule has 7 heteroatoms. The molecule has 0 unspecified atom stereocenters. The number of benzene rings is 1. The van der Waals surface area contributed by atoms with Gasteiger partial charge in [-0.2, -0.15) is 0 Å². The molecule has 0 bridgehead atoms. The van der Waals surface area contributed by atoms with Gasteiger partial charge in [-0.05, 0) is 0 Å². The molecule has 2 aromatic rings. The van der Waals surface area contributed by atoms with Crippen molar-refractivity contribution in [1.82, 2.24) is 4.98 Å². The number of nitrogens with one attached hydrogen (secondary N) is 1. The van der Waals surface area contributed by atoms with E-state index in [9.17, 15) is 18.9 Å². The van der Waals surface area contributed by atoms with Crippen LogP contribution < -0.4 is 4.74 Å². The van der Waals surface area contributed by atoms with Gasteiger partial charge in [-0.3, -0.25) is 10.1 Å². The van der Waals surface area contributed by atoms with Gasteiger partial charge in [0.25, 0.3) is 0 Å². The summed E-state index contributed by atoms with van der Waals surface area (Å²) in [6.07, 6.45) is 3.16. The fraction of sp³-hybridized carbons (Fsp3) is 0.0909. The lowest BCUT2D eigenvalue weighted by Crippen LogP contribution is -1.93. The first-order valence-electron chi connectivity index (χ1n) is 4.89. The van der Waals surface area contributed by atoms with Gasteiger partial charge in [-0.1, -0.05) is 0 Å². The highest BCUT2D eigenvalue weighted by Gasteiger charge is 2.17. The molecule has 1 aromatic carbocycles. The predicted octanol–water partition coefficient (Wildman–Crippen LogP) is 2.70. The summed E-state index contributed by atoms with van der Waals surface area (Å²) < 4.78 is 32.0. The molecule has 0 aliphatic carbocycles. The molecule has 18 heavy (non-hydrogen) atoms. The Kier molecular flexibility index (Phi) is 2.97. The zero-order chi connectivity index (χ0) is 13.3. The molecule has 0 aliphatic heterocycles. The Morgan fingerprint density at radius 3 is 2.83 bits per heavy atom. The van der Waals surface area contributed by atoms with E-state index in [4.69, 9.17) is 0 Å². The molecule has 0 spiro atoms. The van der Waals surface area contributed by atoms with E-state index in [0.29, 0.717) is 6.20 Å². The van der Waals surface area contributed by atoms with Crippen molar-refractivity contribution >= 4 is 17.0 Å². The molecule has 0 fully saturated rings. The van der Waals surface area contributed by atoms with E-state index in [1.54, 1.807) is 0 Å². The summed E-state index contributed by atoms with van der Waals surface area (Å²) in [7, 11) is 1.15. The Morgan fingerprint density at radius 1 is 1.50 bits per heavy atom. The van der Waals surface area contributed by atoms with Crippen molar-refractivity contribution in [3.8, 4) is 5.75 Å². The molecule has 94 valence electrons. The summed E-state index contributed by atoms with van der Waals surface area (Å²) in [5, 5.41) is 10.3. The molecule has 0 saturated carbocycles. The van der Waals surface area contributed by atoms with Crippen molar-refractivity contribution in [3.63, 3.8) is 0 Å². The number of aromatic nitrogens is 1. The third-order valence-corrected chi connectivity index (χ3v) is 2.43. The molecule has 5 nitrogen and oxygen atoms in total. The van der Waals surface area contributed by atoms with E-state index in [0.717, 1.165) is 19.3 Å². The van der Waals surface area contributed by atoms with Crippen molar-refractivity contribution in [2.75, 3.05) is 7.11 Å². The van der Waals surface area contributed by atoms with E-state index in [1.807, 2.05) is 0 Å². The molecule has 2 rings (SSSR count). The summed E-state index contributed by atoms with van der Waals surface area (Å²) in [5.74, 6) is -2.25. The van der Waals surface area contributed by atoms with Crippen molar-refractivity contribution < 1.29 is 18.4 Å². The van der Waals surface area contributed by atoms with Crippen molar-refractivity contribution in [2.45, 2.75) is 0 Å². The molecular weight excluding hydrogens is 246 g/mol. The maximum atomic E-state index is 14.0. The zero-order valence-corrected chi connectivity index (χ0v) is 9.24. The second kappa shape index (κ2) is 4.44. The first kappa shape index (κ1) is 12.0. The molecule has 1 heterocycles. The van der Waals surface area contributed by atoms with Crippen LogP contribution in [0.1, 0.15) is 5.56 Å². The van der Waals surface area contributed by atoms with Crippen LogP contribution in [0, 0.1) is 21.7 Å². The van der Waals surface area contributed by atoms with E-state index in [1.165, 1.54) is 6.20 Å². The number of fused-ring (bicyclic) bond motifs is 1. The molecule has 0 atom stereocenters. The summed E-state index contributed by atoms with van der Waals surface area (Å²) >= 11 is 0. The van der Waals surface area contributed by atoms with Gasteiger partial charge in [0.15, 0.2) is 17.4 Å². The van der Waals surface area contributed by atoms with Gasteiger partial charge < -0.3 is 9.72 Å². The minimum Gasteiger partial charge on any atom is -0.491 e. The summed E-state index contributed by atoms with van der Waals surface area (Å²) in [6.45, 7) is 0. The highest BCUT2D eigenvalue weighted by molar-refractivity contribution is 5.90. The standard InChI is InChI=1S/C11H8F2N2O3/c1-18-11-7(12)4-8-9(10(11)13)6(5-14-8)2-3-15(16)17/h2-5,14H,1H3. The number of H-pyrrole nitrogens is 1. The van der Waals surface area contributed by atoms with Gasteiger partial charge in [-0.15, -0.1) is 0 Å². The van der Waals surface area contributed by atoms with Gasteiger partial charge in [0, 0.05) is 29.3 Å². The van der Waals surface area contributed by atoms with Crippen LogP contribution in [0.25, 0.3) is 17.0 Å². The molecule has 1 aromatic heterocycles. The van der Waals surface area contributed by atoms with Crippen molar-refractivity contribution in [3.05, 3.63) is 45.8 Å². The van der Waals surface area contributed by atoms with E-state index in [-0.39, 0.29) is 16.5 Å². The maximum Gasteiger partial charge on any atom is 0.235 e. The van der Waals surface area contributed by atoms with Crippen LogP contribution in [-0.2, 0) is 0 Å². The molecular formula is C11H8F2N2O3. The number of hydrogen-bond donors (Lipinski definition) is 1. The van der Waals surface area contributed by atoms with E-state index >= 15 is 0 Å². The number of aromatic amines is 1. The monoisotopic (exact) mass is 254 g/mol. The van der Waals surface area contributed by atoms with Gasteiger partial charge in [0.05, 0.1) is 17.5 Å². The largest absolute Gasteiger partial charge is 0.491 e. The second-order valence-corrected chi connectivity index (χ2v) is 3.47. The van der Waals surface area contributed by atoms with Crippen LogP contribution in [0.5, 0.6) is 5.75 Å². The normalized spacial score (nSPS) is 11.3. The topological polar surface area (TPSA) is 68.2 Å². The quantitative estimate of drug-likeness (QED) is 0.676. The Labute approximate surface area is 99.8 Å². The van der Waals surface area contributed by atoms with Crippen LogP contribution in [-0.4, -0.2) is 17.0 Å². The van der Waals surface area contributed by atoms with Crippen LogP contribution >= 0.6 is 0 Å². The van der Waals surface area contributed by atoms with Gasteiger partial charge in [0.1, 0.15) is 0 Å². The van der Waals surface area contributed by atoms with Gasteiger partial charge in [0.2, 0.25) is 6.20 Å². The summed E-state index contributed by atoms with van der Waals surface area (Å²) in [6, 6.07) is 1.07. The second-order valence-electron chi connectivity index (χ2n) is 3.47. The lowest BCUT2D eigenvalue weighted by Gasteiger charge is -2.04. The smallest absolute Gasteiger partial charge is 0.235 e. The van der Waals surface area contributed by atoms with Crippen LogP contribution in [0.4, 0.5) is 8.78 Å². The van der Waals surface area contributed by atoms with Crippen LogP contribution in [0.3, 0.4) is 0 Å². The molecule has 1 N–H and O–H groups in total. The minimum absolute atomic E-state index is 0.0475. The highest BCUT2D eigenvalue weighted by atomic mass is 19.1. The Hall–Kier alpha value is -2.44. The molecule has 0 aliphatic rings. The third kappa shape index (κ3) is 1.90. The van der Waals surface area contributed by atoms with E-state index in [2.05, 4.69) is 9.72 Å². The van der Waals surface area contributed by atoms with Crippen LogP contribution in [0.15, 0.2) is 18.5 Å². The SMILES string of the molecule is COc1c(F)cc2[nH]cc(C=C[N+](=O)[O-])c2c1F. The fourth-order valence-corrected chi connectivity index (χ4v) is 1.68. The molecule has 0 amide bonds. The summed E-state index contributed by atoms with van der Waals surface area (Å²) in [4.78, 5) is 12.2. The Morgan fingerprint density at radius 2 is 2.22 bits per heavy atom. The van der Waals surface area contributed by atoms with Crippen LogP contribution in [0.2, 0.25) is 0 Å². The first-order valence-corrected chi connectivity index (χ1v) is 4.89. The third-order valence-electron chi connectivity index (χ3n) is 2.43. The number of hydrogen-bond acceptors (Lipinski definition) is 3. The zero-order valence-electron chi connectivity index (χ0n) is 9.24. The lowest BCUT2D eigenvalue weighted by molar-refractivity contribution is -0.400. The van der Waals surface area contributed by atoms with Gasteiger partial charge in [-0.25, -0.2) is 8.78 Å². The van der Waals surface area contributed by atoms with Gasteiger partial charge >= 0.3 is 0 Å². The number of rotatable bonds is 3. The number of ether oxygens (including phenoxy) is 1. The summed E-state index contributed by atoms with van der Waals surface area (Å²) in [5.41, 5.74) is 0.450. The Bertz CT molecular complexity index is 649. The number of nitro groups is 1. The molecule has 0 radical (unpaired) electrons. The number of nitrogens with zero attached hydrogens (tertiary/aromatic N) is 1. The fourth-order valence-electron chi connectivity index (χ4n) is 1.68. The highest BCUT2D eigenvalue weighted by Crippen LogP contribution is 2.31. The first-order chi connectivity index (χ1) is 8.54. The predicted molar refractivity (Wildman–Crippen MR) is 60.8 cm³/mol. The average molecular weight is 254 g/mol. The average Bonchev–Trinajstić information content (AvgIpc) is 2.70. The van der Waals surface area contributed by atoms with Crippen molar-refractivity contribution in [1.29, 1.82) is 0 Å². The lowest BCUT2D eigenvalue weighted by atomic mass is 10.1.